The largest absolute Gasteiger partial charge is 0.495 e. The van der Waals surface area contributed by atoms with Gasteiger partial charge < -0.3 is 25.4 Å². The number of likely N-dealkylation sites (tertiary alicyclic amines) is 1. The van der Waals surface area contributed by atoms with Crippen LogP contribution in [0.25, 0.3) is 11.3 Å². The number of hydrogen-bond acceptors (Lipinski definition) is 7. The lowest BCUT2D eigenvalue weighted by Gasteiger charge is -2.30. The van der Waals surface area contributed by atoms with E-state index in [1.165, 1.54) is 6.07 Å². The number of hydrogen-bond donors (Lipinski definition) is 3. The average Bonchev–Trinajstić information content (AvgIpc) is 2.89. The summed E-state index contributed by atoms with van der Waals surface area (Å²) in [7, 11) is 3.65. The van der Waals surface area contributed by atoms with Crippen LogP contribution in [0.1, 0.15) is 18.4 Å². The van der Waals surface area contributed by atoms with Gasteiger partial charge in [0.1, 0.15) is 11.6 Å². The Morgan fingerprint density at radius 2 is 1.65 bits per heavy atom. The molecule has 0 bridgehead atoms. The van der Waals surface area contributed by atoms with E-state index in [1.807, 2.05) is 18.2 Å². The Morgan fingerprint density at radius 3 is 2.25 bits per heavy atom. The number of rotatable bonds is 6. The first-order valence-electron chi connectivity index (χ1n) is 12.0. The van der Waals surface area contributed by atoms with Crippen LogP contribution in [0.15, 0.2) is 54.6 Å². The smallest absolute Gasteiger partial charge is 0.490 e. The highest BCUT2D eigenvalue weighted by molar-refractivity contribution is 5.73. The predicted octanol–water partition coefficient (Wildman–Crippen LogP) is 6.05. The van der Waals surface area contributed by atoms with Gasteiger partial charge in [0.2, 0.25) is 5.95 Å². The maximum absolute atomic E-state index is 13.3. The number of nitrogens with one attached hydrogen (secondary N) is 2. The van der Waals surface area contributed by atoms with Crippen LogP contribution in [-0.4, -0.2) is 65.4 Å². The van der Waals surface area contributed by atoms with Crippen LogP contribution in [0, 0.1) is 0 Å². The van der Waals surface area contributed by atoms with Crippen molar-refractivity contribution in [1.29, 1.82) is 0 Å². The van der Waals surface area contributed by atoms with Crippen molar-refractivity contribution in [3.8, 4) is 17.0 Å². The van der Waals surface area contributed by atoms with Crippen molar-refractivity contribution in [1.82, 2.24) is 14.9 Å². The van der Waals surface area contributed by atoms with Crippen molar-refractivity contribution in [3.63, 3.8) is 0 Å². The van der Waals surface area contributed by atoms with Gasteiger partial charge >= 0.3 is 18.3 Å². The molecule has 0 unspecified atom stereocenters. The Hall–Kier alpha value is -4.07. The number of aromatic nitrogens is 2. The predicted molar refractivity (Wildman–Crippen MR) is 137 cm³/mol. The summed E-state index contributed by atoms with van der Waals surface area (Å²) in [4.78, 5) is 20.3. The number of carboxylic acid groups (broad SMARTS) is 1. The van der Waals surface area contributed by atoms with Crippen molar-refractivity contribution < 1.29 is 41.0 Å². The second-order valence-corrected chi connectivity index (χ2v) is 8.89. The second-order valence-electron chi connectivity index (χ2n) is 8.89. The van der Waals surface area contributed by atoms with Crippen LogP contribution in [0.4, 0.5) is 43.8 Å². The molecule has 1 fully saturated rings. The third kappa shape index (κ3) is 8.73. The fourth-order valence-electron chi connectivity index (χ4n) is 3.81. The third-order valence-corrected chi connectivity index (χ3v) is 5.88. The lowest BCUT2D eigenvalue weighted by atomic mass is 10.1. The molecule has 2 aromatic carbocycles. The first-order valence-corrected chi connectivity index (χ1v) is 12.0. The monoisotopic (exact) mass is 571 g/mol. The molecule has 0 spiro atoms. The summed E-state index contributed by atoms with van der Waals surface area (Å²) in [5.74, 6) is -1.32. The highest BCUT2D eigenvalue weighted by atomic mass is 19.4. The van der Waals surface area contributed by atoms with E-state index in [-0.39, 0.29) is 12.0 Å². The first kappa shape index (κ1) is 30.5. The van der Waals surface area contributed by atoms with E-state index in [0.717, 1.165) is 38.1 Å². The van der Waals surface area contributed by atoms with Gasteiger partial charge in [-0.2, -0.15) is 31.3 Å². The summed E-state index contributed by atoms with van der Waals surface area (Å²) in [6.07, 6.45) is -7.61. The topological polar surface area (TPSA) is 99.6 Å². The van der Waals surface area contributed by atoms with E-state index < -0.39 is 23.9 Å². The van der Waals surface area contributed by atoms with E-state index in [4.69, 9.17) is 14.6 Å². The number of nitrogens with zero attached hydrogens (tertiary/aromatic N) is 3. The van der Waals surface area contributed by atoms with Gasteiger partial charge in [-0.3, -0.25) is 0 Å². The minimum Gasteiger partial charge on any atom is -0.495 e. The molecule has 1 aromatic heterocycles. The number of alkyl halides is 6. The molecule has 3 aromatic rings. The summed E-state index contributed by atoms with van der Waals surface area (Å²) >= 11 is 0. The molecule has 1 aliphatic heterocycles. The van der Waals surface area contributed by atoms with Crippen molar-refractivity contribution in [2.45, 2.75) is 31.2 Å². The highest BCUT2D eigenvalue weighted by Crippen LogP contribution is 2.33. The lowest BCUT2D eigenvalue weighted by Crippen LogP contribution is -2.36. The fourth-order valence-corrected chi connectivity index (χ4v) is 3.81. The third-order valence-electron chi connectivity index (χ3n) is 5.88. The number of carbonyl (C=O) groups is 1. The van der Waals surface area contributed by atoms with Gasteiger partial charge in [-0.1, -0.05) is 24.3 Å². The summed E-state index contributed by atoms with van der Waals surface area (Å²) in [5.41, 5.74) is 0.694. The van der Waals surface area contributed by atoms with E-state index >= 15 is 0 Å². The Kier molecular flexibility index (Phi) is 9.79. The number of para-hydroxylation sites is 2. The summed E-state index contributed by atoms with van der Waals surface area (Å²) in [6, 6.07) is 14.4. The molecule has 0 aliphatic carbocycles. The minimum atomic E-state index is -5.08. The number of methoxy groups -OCH3 is 1. The van der Waals surface area contributed by atoms with Gasteiger partial charge in [-0.25, -0.2) is 9.78 Å². The molecule has 0 amide bonds. The molecule has 1 saturated heterocycles. The molecular weight excluding hydrogens is 544 g/mol. The zero-order valence-corrected chi connectivity index (χ0v) is 21.5. The average molecular weight is 572 g/mol. The summed E-state index contributed by atoms with van der Waals surface area (Å²) < 4.78 is 77.0. The van der Waals surface area contributed by atoms with Crippen molar-refractivity contribution in [3.05, 3.63) is 60.2 Å². The standard InChI is InChI=1S/C24H26F3N5O.C2HF3O2/c1-32-12-10-18(11-13-32)28-22-15-20(16-6-5-7-17(14-16)24(25,26)27)30-23(31-22)29-19-8-3-4-9-21(19)33-2;3-2(4,5)1(6)7/h3-9,14-15,18H,10-13H2,1-2H3,(H2,28,29,30,31);(H,6,7). The molecule has 3 N–H and O–H groups in total. The normalized spacial score (nSPS) is 14.6. The maximum atomic E-state index is 13.3. The first-order chi connectivity index (χ1) is 18.8. The van der Waals surface area contributed by atoms with Crippen LogP contribution >= 0.6 is 0 Å². The molecule has 0 atom stereocenters. The number of aliphatic carboxylic acids is 1. The van der Waals surface area contributed by atoms with Gasteiger partial charge in [0, 0.05) is 17.7 Å². The summed E-state index contributed by atoms with van der Waals surface area (Å²) in [6.45, 7) is 1.94. The molecule has 0 radical (unpaired) electrons. The van der Waals surface area contributed by atoms with E-state index in [9.17, 15) is 26.3 Å². The molecule has 14 heteroatoms. The number of anilines is 3. The molecule has 1 aliphatic rings. The number of halogens is 6. The minimum absolute atomic E-state index is 0.226. The second kappa shape index (κ2) is 12.9. The van der Waals surface area contributed by atoms with Gasteiger partial charge in [0.15, 0.2) is 0 Å². The van der Waals surface area contributed by atoms with Crippen LogP contribution in [-0.2, 0) is 11.0 Å². The van der Waals surface area contributed by atoms with Crippen molar-refractivity contribution in [2.24, 2.45) is 0 Å². The zero-order chi connectivity index (χ0) is 29.5. The van der Waals surface area contributed by atoms with E-state index in [0.29, 0.717) is 28.5 Å². The van der Waals surface area contributed by atoms with Crippen LogP contribution in [0.3, 0.4) is 0 Å². The molecule has 40 heavy (non-hydrogen) atoms. The lowest BCUT2D eigenvalue weighted by molar-refractivity contribution is -0.192. The van der Waals surface area contributed by atoms with Crippen LogP contribution in [0.2, 0.25) is 0 Å². The van der Waals surface area contributed by atoms with Gasteiger partial charge in [-0.05, 0) is 57.2 Å². The zero-order valence-electron chi connectivity index (χ0n) is 21.5. The van der Waals surface area contributed by atoms with Crippen molar-refractivity contribution in [2.75, 3.05) is 37.9 Å². The van der Waals surface area contributed by atoms with Crippen molar-refractivity contribution >= 4 is 23.4 Å². The molecule has 0 saturated carbocycles. The Labute approximate surface area is 226 Å². The number of piperidine rings is 1. The number of benzene rings is 2. The highest BCUT2D eigenvalue weighted by Gasteiger charge is 2.38. The van der Waals surface area contributed by atoms with Gasteiger partial charge in [-0.15, -0.1) is 0 Å². The van der Waals surface area contributed by atoms with Crippen LogP contribution in [0.5, 0.6) is 5.75 Å². The van der Waals surface area contributed by atoms with E-state index in [2.05, 4.69) is 32.5 Å². The van der Waals surface area contributed by atoms with Gasteiger partial charge in [0.25, 0.3) is 0 Å². The Morgan fingerprint density at radius 1 is 1.00 bits per heavy atom. The maximum Gasteiger partial charge on any atom is 0.490 e. The summed E-state index contributed by atoms with van der Waals surface area (Å²) in [5, 5.41) is 13.7. The van der Waals surface area contributed by atoms with Crippen LogP contribution < -0.4 is 15.4 Å². The quantitative estimate of drug-likeness (QED) is 0.308. The SMILES string of the molecule is COc1ccccc1Nc1nc(NC2CCN(C)CC2)cc(-c2cccc(C(F)(F)F)c2)n1.O=C(O)C(F)(F)F. The molecule has 216 valence electrons. The molecule has 4 rings (SSSR count). The number of carboxylic acids is 1. The molecule has 8 nitrogen and oxygen atoms in total. The molecular formula is C26H27F6N5O3. The fraction of sp³-hybridized carbons (Fsp3) is 0.346. The Bertz CT molecular complexity index is 1290. The number of ether oxygens (including phenoxy) is 1. The molecule has 2 heterocycles. The van der Waals surface area contributed by atoms with E-state index in [1.54, 1.807) is 25.3 Å². The van der Waals surface area contributed by atoms with Gasteiger partial charge in [0.05, 0.1) is 24.1 Å². The Balaban J connectivity index is 0.000000559.